The van der Waals surface area contributed by atoms with Crippen LogP contribution < -0.4 is 9.64 Å². The minimum atomic E-state index is 0.0274. The van der Waals surface area contributed by atoms with E-state index >= 15 is 0 Å². The lowest BCUT2D eigenvalue weighted by Gasteiger charge is -2.35. The minimum Gasteiger partial charge on any atom is -0.437 e. The third-order valence-corrected chi connectivity index (χ3v) is 6.13. The Balaban J connectivity index is 1.66. The Bertz CT molecular complexity index is 1120. The molecule has 0 unspecified atom stereocenters. The van der Waals surface area contributed by atoms with Gasteiger partial charge in [0, 0.05) is 42.0 Å². The molecule has 1 amide bonds. The standard InChI is InChI=1S/C23H23ClN4O2/c1-14-5-8-19-21(28(14)15(2)29)10-9-18(16-12-26-27(13-16)17-6-7-17)22(19)30-23-20(24)4-3-11-25-23/h3-4,9-14,17H,5-8H2,1-2H3/t14-/m0/s1. The zero-order valence-corrected chi connectivity index (χ0v) is 17.8. The molecule has 0 radical (unpaired) electrons. The predicted molar refractivity (Wildman–Crippen MR) is 116 cm³/mol. The van der Waals surface area contributed by atoms with Crippen LogP contribution in [0.1, 0.15) is 44.7 Å². The molecule has 2 aliphatic rings. The van der Waals surface area contributed by atoms with Gasteiger partial charge < -0.3 is 9.64 Å². The van der Waals surface area contributed by atoms with Crippen molar-refractivity contribution in [1.82, 2.24) is 14.8 Å². The highest BCUT2D eigenvalue weighted by Crippen LogP contribution is 2.45. The number of aromatic nitrogens is 3. The number of pyridine rings is 1. The van der Waals surface area contributed by atoms with Crippen LogP contribution in [0.3, 0.4) is 0 Å². The van der Waals surface area contributed by atoms with Crippen molar-refractivity contribution >= 4 is 23.2 Å². The fourth-order valence-corrected chi connectivity index (χ4v) is 4.35. The number of ether oxygens (including phenoxy) is 1. The quantitative estimate of drug-likeness (QED) is 0.563. The maximum Gasteiger partial charge on any atom is 0.238 e. The van der Waals surface area contributed by atoms with Crippen LogP contribution in [0.2, 0.25) is 5.02 Å². The van der Waals surface area contributed by atoms with Crippen LogP contribution in [0, 0.1) is 0 Å². The Morgan fingerprint density at radius 3 is 2.80 bits per heavy atom. The van der Waals surface area contributed by atoms with Gasteiger partial charge in [0.05, 0.1) is 17.9 Å². The lowest BCUT2D eigenvalue weighted by atomic mass is 9.92. The molecule has 1 aromatic carbocycles. The van der Waals surface area contributed by atoms with Crippen LogP contribution in [0.25, 0.3) is 11.1 Å². The Labute approximate surface area is 180 Å². The van der Waals surface area contributed by atoms with E-state index in [1.54, 1.807) is 25.3 Å². The normalized spacial score (nSPS) is 18.2. The summed E-state index contributed by atoms with van der Waals surface area (Å²) >= 11 is 6.34. The number of fused-ring (bicyclic) bond motifs is 1. The summed E-state index contributed by atoms with van der Waals surface area (Å²) in [5, 5.41) is 4.99. The summed E-state index contributed by atoms with van der Waals surface area (Å²) < 4.78 is 8.35. The van der Waals surface area contributed by atoms with Gasteiger partial charge in [0.15, 0.2) is 0 Å². The molecule has 154 valence electrons. The number of carbonyl (C=O) groups excluding carboxylic acids is 1. The molecule has 30 heavy (non-hydrogen) atoms. The summed E-state index contributed by atoms with van der Waals surface area (Å²) in [6.45, 7) is 3.68. The molecule has 7 heteroatoms. The van der Waals surface area contributed by atoms with Crippen molar-refractivity contribution in [2.75, 3.05) is 4.90 Å². The third kappa shape index (κ3) is 3.35. The van der Waals surface area contributed by atoms with Crippen molar-refractivity contribution in [3.05, 3.63) is 53.4 Å². The lowest BCUT2D eigenvalue weighted by Crippen LogP contribution is -2.40. The van der Waals surface area contributed by atoms with Gasteiger partial charge in [-0.25, -0.2) is 4.98 Å². The fraction of sp³-hybridized carbons (Fsp3) is 0.348. The van der Waals surface area contributed by atoms with E-state index < -0.39 is 0 Å². The molecule has 5 rings (SSSR count). The van der Waals surface area contributed by atoms with E-state index in [2.05, 4.69) is 23.2 Å². The molecule has 6 nitrogen and oxygen atoms in total. The Morgan fingerprint density at radius 2 is 2.07 bits per heavy atom. The molecule has 1 saturated carbocycles. The molecule has 1 aliphatic carbocycles. The van der Waals surface area contributed by atoms with E-state index in [9.17, 15) is 4.79 Å². The summed E-state index contributed by atoms with van der Waals surface area (Å²) in [6.07, 6.45) is 9.62. The number of anilines is 1. The van der Waals surface area contributed by atoms with Gasteiger partial charge in [-0.15, -0.1) is 0 Å². The second-order valence-corrected chi connectivity index (χ2v) is 8.46. The topological polar surface area (TPSA) is 60.2 Å². The van der Waals surface area contributed by atoms with E-state index in [1.807, 2.05) is 27.9 Å². The first-order valence-electron chi connectivity index (χ1n) is 10.3. The molecule has 3 aromatic rings. The molecule has 1 aliphatic heterocycles. The first-order valence-corrected chi connectivity index (χ1v) is 10.7. The molecule has 0 spiro atoms. The van der Waals surface area contributed by atoms with Crippen LogP contribution in [-0.4, -0.2) is 26.7 Å². The number of benzene rings is 1. The summed E-state index contributed by atoms with van der Waals surface area (Å²) in [7, 11) is 0. The largest absolute Gasteiger partial charge is 0.437 e. The van der Waals surface area contributed by atoms with Crippen molar-refractivity contribution in [2.45, 2.75) is 51.6 Å². The van der Waals surface area contributed by atoms with E-state index in [4.69, 9.17) is 16.3 Å². The number of hydrogen-bond donors (Lipinski definition) is 0. The number of nitrogens with zero attached hydrogens (tertiary/aromatic N) is 4. The van der Waals surface area contributed by atoms with Crippen LogP contribution in [0.5, 0.6) is 11.6 Å². The molecule has 0 saturated heterocycles. The van der Waals surface area contributed by atoms with Gasteiger partial charge in [0.1, 0.15) is 10.8 Å². The van der Waals surface area contributed by atoms with Crippen molar-refractivity contribution in [2.24, 2.45) is 0 Å². The first-order chi connectivity index (χ1) is 14.5. The number of amides is 1. The number of carbonyl (C=O) groups is 1. The van der Waals surface area contributed by atoms with E-state index in [-0.39, 0.29) is 11.9 Å². The summed E-state index contributed by atoms with van der Waals surface area (Å²) in [6, 6.07) is 8.20. The van der Waals surface area contributed by atoms with Crippen LogP contribution in [0.15, 0.2) is 42.9 Å². The number of hydrogen-bond acceptors (Lipinski definition) is 4. The first kappa shape index (κ1) is 19.1. The molecule has 3 heterocycles. The highest BCUT2D eigenvalue weighted by Gasteiger charge is 2.31. The van der Waals surface area contributed by atoms with Crippen LogP contribution >= 0.6 is 11.6 Å². The van der Waals surface area contributed by atoms with Crippen molar-refractivity contribution in [1.29, 1.82) is 0 Å². The molecule has 1 fully saturated rings. The van der Waals surface area contributed by atoms with Gasteiger partial charge in [0.2, 0.25) is 11.8 Å². The summed E-state index contributed by atoms with van der Waals surface area (Å²) in [5.41, 5.74) is 3.81. The smallest absolute Gasteiger partial charge is 0.238 e. The van der Waals surface area contributed by atoms with Crippen molar-refractivity contribution in [3.63, 3.8) is 0 Å². The molecule has 0 N–H and O–H groups in total. The van der Waals surface area contributed by atoms with E-state index in [0.29, 0.717) is 22.7 Å². The maximum atomic E-state index is 12.4. The number of rotatable bonds is 4. The fourth-order valence-electron chi connectivity index (χ4n) is 4.19. The molecule has 1 atom stereocenters. The average molecular weight is 423 g/mol. The van der Waals surface area contributed by atoms with Crippen molar-refractivity contribution in [3.8, 4) is 22.8 Å². The zero-order chi connectivity index (χ0) is 20.8. The van der Waals surface area contributed by atoms with Gasteiger partial charge in [-0.3, -0.25) is 9.48 Å². The highest BCUT2D eigenvalue weighted by atomic mass is 35.5. The maximum absolute atomic E-state index is 12.4. The van der Waals surface area contributed by atoms with Gasteiger partial charge in [-0.2, -0.15) is 5.10 Å². The molecule has 0 bridgehead atoms. The van der Waals surface area contributed by atoms with Gasteiger partial charge in [-0.05, 0) is 56.9 Å². The minimum absolute atomic E-state index is 0.0274. The SMILES string of the molecule is CC(=O)N1c2ccc(-c3cnn(C4CC4)c3)c(Oc3ncccc3Cl)c2CC[C@@H]1C. The second-order valence-electron chi connectivity index (χ2n) is 8.05. The van der Waals surface area contributed by atoms with Gasteiger partial charge in [0.25, 0.3) is 0 Å². The second kappa shape index (κ2) is 7.43. The summed E-state index contributed by atoms with van der Waals surface area (Å²) in [5.74, 6) is 1.08. The van der Waals surface area contributed by atoms with E-state index in [0.717, 1.165) is 35.2 Å². The van der Waals surface area contributed by atoms with Crippen molar-refractivity contribution < 1.29 is 9.53 Å². The van der Waals surface area contributed by atoms with Crippen LogP contribution in [0.4, 0.5) is 5.69 Å². The Kier molecular flexibility index (Phi) is 4.74. The predicted octanol–water partition coefficient (Wildman–Crippen LogP) is 5.41. The monoisotopic (exact) mass is 422 g/mol. The Hall–Kier alpha value is -2.86. The zero-order valence-electron chi connectivity index (χ0n) is 17.0. The van der Waals surface area contributed by atoms with E-state index in [1.165, 1.54) is 12.8 Å². The average Bonchev–Trinajstić information content (AvgIpc) is 3.46. The number of halogens is 1. The Morgan fingerprint density at radius 1 is 1.23 bits per heavy atom. The highest BCUT2D eigenvalue weighted by molar-refractivity contribution is 6.31. The molecular formula is C23H23ClN4O2. The lowest BCUT2D eigenvalue weighted by molar-refractivity contribution is -0.117. The molecular weight excluding hydrogens is 400 g/mol. The van der Waals surface area contributed by atoms with Crippen LogP contribution in [-0.2, 0) is 11.2 Å². The van der Waals surface area contributed by atoms with Gasteiger partial charge in [-0.1, -0.05) is 11.6 Å². The van der Waals surface area contributed by atoms with Gasteiger partial charge >= 0.3 is 0 Å². The molecule has 2 aromatic heterocycles. The third-order valence-electron chi connectivity index (χ3n) is 5.84. The summed E-state index contributed by atoms with van der Waals surface area (Å²) in [4.78, 5) is 18.5.